The Bertz CT molecular complexity index is 359. The molecule has 19 heavy (non-hydrogen) atoms. The van der Waals surface area contributed by atoms with Crippen LogP contribution in [0.2, 0.25) is 0 Å². The Hall–Kier alpha value is -1.10. The summed E-state index contributed by atoms with van der Waals surface area (Å²) in [5, 5.41) is 9.37. The lowest BCUT2D eigenvalue weighted by atomic mass is 9.86. The summed E-state index contributed by atoms with van der Waals surface area (Å²) in [6.07, 6.45) is 0.980. The second-order valence-electron chi connectivity index (χ2n) is 5.40. The Morgan fingerprint density at radius 2 is 2.05 bits per heavy atom. The van der Waals surface area contributed by atoms with E-state index in [1.807, 2.05) is 30.3 Å². The van der Waals surface area contributed by atoms with Crippen molar-refractivity contribution in [3.05, 3.63) is 30.3 Å². The first-order valence-corrected chi connectivity index (χ1v) is 6.79. The van der Waals surface area contributed by atoms with Gasteiger partial charge in [-0.15, -0.1) is 0 Å². The number of hydrogen-bond donors (Lipinski definition) is 1. The van der Waals surface area contributed by atoms with Crippen molar-refractivity contribution in [3.63, 3.8) is 0 Å². The van der Waals surface area contributed by atoms with Crippen LogP contribution in [0, 0.1) is 5.41 Å². The maximum atomic E-state index is 9.37. The second kappa shape index (κ2) is 6.89. The molecule has 0 unspecified atom stereocenters. The minimum atomic E-state index is -0.0327. The Balaban J connectivity index is 1.60. The van der Waals surface area contributed by atoms with Crippen molar-refractivity contribution in [3.8, 4) is 5.75 Å². The van der Waals surface area contributed by atoms with Crippen molar-refractivity contribution in [1.29, 1.82) is 0 Å². The Labute approximate surface area is 114 Å². The molecule has 0 saturated carbocycles. The van der Waals surface area contributed by atoms with E-state index < -0.39 is 0 Å². The smallest absolute Gasteiger partial charge is 0.119 e. The van der Waals surface area contributed by atoms with Crippen LogP contribution in [0.3, 0.4) is 0 Å². The molecule has 106 valence electrons. The van der Waals surface area contributed by atoms with E-state index in [1.165, 1.54) is 0 Å². The van der Waals surface area contributed by atoms with Crippen LogP contribution in [0.25, 0.3) is 0 Å². The zero-order chi connectivity index (χ0) is 13.6. The van der Waals surface area contributed by atoms with Crippen molar-refractivity contribution >= 4 is 0 Å². The second-order valence-corrected chi connectivity index (χ2v) is 5.40. The lowest BCUT2D eigenvalue weighted by molar-refractivity contribution is -0.146. The summed E-state index contributed by atoms with van der Waals surface area (Å²) < 4.78 is 10.9. The minimum Gasteiger partial charge on any atom is -0.494 e. The topological polar surface area (TPSA) is 41.9 Å². The third-order valence-corrected chi connectivity index (χ3v) is 3.45. The molecule has 4 heteroatoms. The van der Waals surface area contributed by atoms with Gasteiger partial charge < -0.3 is 19.5 Å². The molecule has 0 spiro atoms. The fraction of sp³-hybridized carbons (Fsp3) is 0.600. The van der Waals surface area contributed by atoms with E-state index in [4.69, 9.17) is 9.47 Å². The highest BCUT2D eigenvalue weighted by atomic mass is 16.5. The van der Waals surface area contributed by atoms with Crippen molar-refractivity contribution in [2.45, 2.75) is 6.42 Å². The van der Waals surface area contributed by atoms with Crippen LogP contribution < -0.4 is 4.74 Å². The summed E-state index contributed by atoms with van der Waals surface area (Å²) >= 11 is 0. The Morgan fingerprint density at radius 3 is 2.63 bits per heavy atom. The van der Waals surface area contributed by atoms with Crippen molar-refractivity contribution in [2.75, 3.05) is 46.6 Å². The van der Waals surface area contributed by atoms with Gasteiger partial charge >= 0.3 is 0 Å². The van der Waals surface area contributed by atoms with Gasteiger partial charge in [-0.1, -0.05) is 18.2 Å². The molecule has 1 aliphatic heterocycles. The minimum absolute atomic E-state index is 0.0327. The van der Waals surface area contributed by atoms with Crippen LogP contribution in [0.15, 0.2) is 30.3 Å². The van der Waals surface area contributed by atoms with Gasteiger partial charge in [0.1, 0.15) is 5.75 Å². The van der Waals surface area contributed by atoms with Crippen LogP contribution in [0.1, 0.15) is 6.42 Å². The monoisotopic (exact) mass is 265 g/mol. The van der Waals surface area contributed by atoms with Crippen LogP contribution in [0.5, 0.6) is 5.75 Å². The summed E-state index contributed by atoms with van der Waals surface area (Å²) in [5.41, 5.74) is -0.0327. The van der Waals surface area contributed by atoms with E-state index in [9.17, 15) is 5.11 Å². The maximum Gasteiger partial charge on any atom is 0.119 e. The van der Waals surface area contributed by atoms with Gasteiger partial charge in [0.05, 0.1) is 31.8 Å². The SMILES string of the molecule is CN(CCCOc1ccccc1)CC1(CO)COC1. The summed E-state index contributed by atoms with van der Waals surface area (Å²) in [5.74, 6) is 0.921. The number of hydrogen-bond acceptors (Lipinski definition) is 4. The van der Waals surface area contributed by atoms with Crippen molar-refractivity contribution in [1.82, 2.24) is 4.90 Å². The average molecular weight is 265 g/mol. The van der Waals surface area contributed by atoms with Gasteiger partial charge in [-0.25, -0.2) is 0 Å². The molecule has 1 N–H and O–H groups in total. The average Bonchev–Trinajstić information content (AvgIpc) is 2.40. The van der Waals surface area contributed by atoms with E-state index in [0.717, 1.165) is 31.9 Å². The first-order valence-electron chi connectivity index (χ1n) is 6.79. The van der Waals surface area contributed by atoms with E-state index in [1.54, 1.807) is 0 Å². The molecule has 0 aromatic heterocycles. The summed E-state index contributed by atoms with van der Waals surface area (Å²) in [6, 6.07) is 9.87. The van der Waals surface area contributed by atoms with E-state index in [0.29, 0.717) is 13.2 Å². The highest BCUT2D eigenvalue weighted by Gasteiger charge is 2.38. The zero-order valence-electron chi connectivity index (χ0n) is 11.5. The highest BCUT2D eigenvalue weighted by Crippen LogP contribution is 2.27. The summed E-state index contributed by atoms with van der Waals surface area (Å²) in [6.45, 7) is 4.13. The van der Waals surface area contributed by atoms with Crippen LogP contribution in [-0.2, 0) is 4.74 Å². The fourth-order valence-corrected chi connectivity index (χ4v) is 2.32. The lowest BCUT2D eigenvalue weighted by Crippen LogP contribution is -2.52. The molecule has 4 nitrogen and oxygen atoms in total. The molecule has 0 amide bonds. The number of benzene rings is 1. The molecular weight excluding hydrogens is 242 g/mol. The molecule has 0 aliphatic carbocycles. The van der Waals surface area contributed by atoms with Crippen LogP contribution in [-0.4, -0.2) is 56.6 Å². The molecule has 1 aromatic rings. The predicted molar refractivity (Wildman–Crippen MR) is 74.4 cm³/mol. The van der Waals surface area contributed by atoms with Gasteiger partial charge in [-0.3, -0.25) is 0 Å². The molecule has 1 aromatic carbocycles. The maximum absolute atomic E-state index is 9.37. The number of rotatable bonds is 8. The molecule has 0 bridgehead atoms. The van der Waals surface area contributed by atoms with Crippen LogP contribution in [0.4, 0.5) is 0 Å². The molecule has 0 radical (unpaired) electrons. The molecule has 1 fully saturated rings. The number of aliphatic hydroxyl groups is 1. The third kappa shape index (κ3) is 4.20. The first-order chi connectivity index (χ1) is 9.24. The largest absolute Gasteiger partial charge is 0.494 e. The van der Waals surface area contributed by atoms with Crippen LogP contribution >= 0.6 is 0 Å². The molecule has 0 atom stereocenters. The molecule has 1 saturated heterocycles. The molecule has 1 aliphatic rings. The van der Waals surface area contributed by atoms with Gasteiger partial charge in [-0.05, 0) is 25.6 Å². The predicted octanol–water partition coefficient (Wildman–Crippen LogP) is 1.40. The van der Waals surface area contributed by atoms with Gasteiger partial charge in [-0.2, -0.15) is 0 Å². The number of ether oxygens (including phenoxy) is 2. The van der Waals surface area contributed by atoms with Crippen molar-refractivity contribution < 1.29 is 14.6 Å². The van der Waals surface area contributed by atoms with E-state index in [2.05, 4.69) is 11.9 Å². The fourth-order valence-electron chi connectivity index (χ4n) is 2.32. The molecular formula is C15H23NO3. The summed E-state index contributed by atoms with van der Waals surface area (Å²) in [4.78, 5) is 2.24. The molecule has 2 rings (SSSR count). The summed E-state index contributed by atoms with van der Waals surface area (Å²) in [7, 11) is 2.08. The molecule has 1 heterocycles. The Kier molecular flexibility index (Phi) is 5.19. The van der Waals surface area contributed by atoms with E-state index >= 15 is 0 Å². The number of para-hydroxylation sites is 1. The number of nitrogens with zero attached hydrogens (tertiary/aromatic N) is 1. The van der Waals surface area contributed by atoms with Gasteiger partial charge in [0.2, 0.25) is 0 Å². The highest BCUT2D eigenvalue weighted by molar-refractivity contribution is 5.20. The first kappa shape index (κ1) is 14.3. The van der Waals surface area contributed by atoms with Crippen molar-refractivity contribution in [2.24, 2.45) is 5.41 Å². The van der Waals surface area contributed by atoms with E-state index in [-0.39, 0.29) is 12.0 Å². The van der Waals surface area contributed by atoms with Gasteiger partial charge in [0, 0.05) is 13.1 Å². The van der Waals surface area contributed by atoms with Gasteiger partial charge in [0.25, 0.3) is 0 Å². The quantitative estimate of drug-likeness (QED) is 0.721. The zero-order valence-corrected chi connectivity index (χ0v) is 11.5. The number of aliphatic hydroxyl groups excluding tert-OH is 1. The third-order valence-electron chi connectivity index (χ3n) is 3.45. The lowest BCUT2D eigenvalue weighted by Gasteiger charge is -2.42. The Morgan fingerprint density at radius 1 is 1.32 bits per heavy atom. The standard InChI is InChI=1S/C15H23NO3/c1-16(10-15(11-17)12-18-13-15)8-5-9-19-14-6-3-2-4-7-14/h2-4,6-7,17H,5,8-13H2,1H3. The van der Waals surface area contributed by atoms with Gasteiger partial charge in [0.15, 0.2) is 0 Å². The normalized spacial score (nSPS) is 17.2.